The molecule has 0 heteroatoms. The molecule has 0 aliphatic heterocycles. The molecule has 0 bridgehead atoms. The fourth-order valence-corrected chi connectivity index (χ4v) is 2.44. The Morgan fingerprint density at radius 2 is 0.950 bits per heavy atom. The Morgan fingerprint density at radius 1 is 0.550 bits per heavy atom. The number of hydrogen-bond donors (Lipinski definition) is 0. The summed E-state index contributed by atoms with van der Waals surface area (Å²) in [4.78, 5) is 0. The summed E-state index contributed by atoms with van der Waals surface area (Å²) in [5, 5.41) is 0. The highest BCUT2D eigenvalue weighted by atomic mass is 14.0. The molecular formula is C20H37. The molecule has 0 N–H and O–H groups in total. The monoisotopic (exact) mass is 277 g/mol. The van der Waals surface area contributed by atoms with Gasteiger partial charge in [0.25, 0.3) is 0 Å². The Hall–Kier alpha value is -0.440. The van der Waals surface area contributed by atoms with Crippen molar-refractivity contribution in [2.75, 3.05) is 0 Å². The van der Waals surface area contributed by atoms with Crippen molar-refractivity contribution < 1.29 is 0 Å². The Bertz CT molecular complexity index is 218. The maximum Gasteiger partial charge on any atom is 0.00886 e. The molecule has 0 unspecified atom stereocenters. The van der Waals surface area contributed by atoms with E-state index < -0.39 is 0 Å². The molecule has 0 heterocycles. The summed E-state index contributed by atoms with van der Waals surface area (Å²) in [6, 6.07) is 0. The molecule has 1 radical (unpaired) electrons. The highest BCUT2D eigenvalue weighted by Crippen LogP contribution is 2.10. The SMILES string of the molecule is [CH2]CCCCCCC#CCCCCCCCCCCC. The smallest absolute Gasteiger partial charge is 0.00886 e. The van der Waals surface area contributed by atoms with E-state index in [1.165, 1.54) is 83.5 Å². The van der Waals surface area contributed by atoms with Gasteiger partial charge in [-0.25, -0.2) is 0 Å². The average Bonchev–Trinajstić information content (AvgIpc) is 2.47. The lowest BCUT2D eigenvalue weighted by molar-refractivity contribution is 0.567. The first kappa shape index (κ1) is 19.6. The molecule has 0 aromatic rings. The normalized spacial score (nSPS) is 10.3. The summed E-state index contributed by atoms with van der Waals surface area (Å²) in [5.41, 5.74) is 0. The molecule has 0 amide bonds. The van der Waals surface area contributed by atoms with Gasteiger partial charge in [0.1, 0.15) is 0 Å². The van der Waals surface area contributed by atoms with Gasteiger partial charge in [-0.2, -0.15) is 0 Å². The van der Waals surface area contributed by atoms with Gasteiger partial charge < -0.3 is 0 Å². The summed E-state index contributed by atoms with van der Waals surface area (Å²) in [6.07, 6.45) is 21.2. The third-order valence-corrected chi connectivity index (χ3v) is 3.83. The van der Waals surface area contributed by atoms with Crippen molar-refractivity contribution in [3.8, 4) is 11.8 Å². The Labute approximate surface area is 129 Å². The summed E-state index contributed by atoms with van der Waals surface area (Å²) in [6.45, 7) is 6.15. The highest BCUT2D eigenvalue weighted by Gasteiger charge is 1.91. The Kier molecular flexibility index (Phi) is 18.2. The van der Waals surface area contributed by atoms with Gasteiger partial charge in [-0.15, -0.1) is 11.8 Å². The summed E-state index contributed by atoms with van der Waals surface area (Å²) < 4.78 is 0. The Balaban J connectivity index is 3.05. The van der Waals surface area contributed by atoms with Crippen LogP contribution in [0.3, 0.4) is 0 Å². The quantitative estimate of drug-likeness (QED) is 0.235. The van der Waals surface area contributed by atoms with E-state index in [4.69, 9.17) is 0 Å². The van der Waals surface area contributed by atoms with Gasteiger partial charge >= 0.3 is 0 Å². The number of unbranched alkanes of at least 4 members (excludes halogenated alkanes) is 14. The van der Waals surface area contributed by atoms with Gasteiger partial charge in [-0.05, 0) is 12.8 Å². The number of hydrogen-bond acceptors (Lipinski definition) is 0. The van der Waals surface area contributed by atoms with Crippen LogP contribution in [-0.4, -0.2) is 0 Å². The molecule has 0 saturated heterocycles. The van der Waals surface area contributed by atoms with Crippen molar-refractivity contribution in [1.82, 2.24) is 0 Å². The molecule has 117 valence electrons. The molecule has 0 aliphatic carbocycles. The minimum atomic E-state index is 1.09. The summed E-state index contributed by atoms with van der Waals surface area (Å²) >= 11 is 0. The molecule has 0 aromatic carbocycles. The molecular weight excluding hydrogens is 240 g/mol. The third kappa shape index (κ3) is 17.6. The molecule has 0 nitrogen and oxygen atoms in total. The topological polar surface area (TPSA) is 0 Å². The van der Waals surface area contributed by atoms with Crippen LogP contribution >= 0.6 is 0 Å². The number of rotatable bonds is 14. The zero-order chi connectivity index (χ0) is 14.7. The van der Waals surface area contributed by atoms with Crippen molar-refractivity contribution >= 4 is 0 Å². The summed E-state index contributed by atoms with van der Waals surface area (Å²) in [7, 11) is 0. The first-order valence-corrected chi connectivity index (χ1v) is 9.16. The van der Waals surface area contributed by atoms with Crippen molar-refractivity contribution in [1.29, 1.82) is 0 Å². The van der Waals surface area contributed by atoms with Crippen LogP contribution in [0.2, 0.25) is 0 Å². The lowest BCUT2D eigenvalue weighted by Crippen LogP contribution is -1.81. The lowest BCUT2D eigenvalue weighted by atomic mass is 10.1. The van der Waals surface area contributed by atoms with E-state index in [1.807, 2.05) is 0 Å². The maximum atomic E-state index is 3.87. The first-order valence-electron chi connectivity index (χ1n) is 9.16. The van der Waals surface area contributed by atoms with E-state index in [1.54, 1.807) is 0 Å². The van der Waals surface area contributed by atoms with Crippen molar-refractivity contribution in [3.05, 3.63) is 6.92 Å². The molecule has 20 heavy (non-hydrogen) atoms. The largest absolute Gasteiger partial charge is 0.103 e. The van der Waals surface area contributed by atoms with E-state index in [9.17, 15) is 0 Å². The Morgan fingerprint density at radius 3 is 1.40 bits per heavy atom. The maximum absolute atomic E-state index is 3.87. The highest BCUT2D eigenvalue weighted by molar-refractivity contribution is 4.98. The first-order chi connectivity index (χ1) is 9.91. The van der Waals surface area contributed by atoms with Gasteiger partial charge in [0.2, 0.25) is 0 Å². The van der Waals surface area contributed by atoms with E-state index in [2.05, 4.69) is 25.7 Å². The van der Waals surface area contributed by atoms with Crippen molar-refractivity contribution in [2.24, 2.45) is 0 Å². The van der Waals surface area contributed by atoms with Crippen LogP contribution in [0.25, 0.3) is 0 Å². The minimum Gasteiger partial charge on any atom is -0.103 e. The molecule has 0 spiro atoms. The minimum absolute atomic E-state index is 1.09. The molecule has 0 atom stereocenters. The van der Waals surface area contributed by atoms with Crippen LogP contribution in [0, 0.1) is 18.8 Å². The van der Waals surface area contributed by atoms with E-state index in [-0.39, 0.29) is 0 Å². The fraction of sp³-hybridized carbons (Fsp3) is 0.850. The fourth-order valence-electron chi connectivity index (χ4n) is 2.44. The van der Waals surface area contributed by atoms with Crippen LogP contribution in [0.4, 0.5) is 0 Å². The second kappa shape index (κ2) is 18.6. The summed E-state index contributed by atoms with van der Waals surface area (Å²) in [5.74, 6) is 6.65. The molecule has 0 aliphatic rings. The van der Waals surface area contributed by atoms with E-state index in [0.29, 0.717) is 0 Å². The zero-order valence-corrected chi connectivity index (χ0v) is 14.0. The van der Waals surface area contributed by atoms with Gasteiger partial charge in [0.15, 0.2) is 0 Å². The van der Waals surface area contributed by atoms with Crippen LogP contribution in [-0.2, 0) is 0 Å². The predicted octanol–water partition coefficient (Wildman–Crippen LogP) is 7.09. The van der Waals surface area contributed by atoms with E-state index >= 15 is 0 Å². The second-order valence-electron chi connectivity index (χ2n) is 5.95. The zero-order valence-electron chi connectivity index (χ0n) is 14.0. The standard InChI is InChI=1S/C20H37/c1-3-5-7-9-11-13-15-17-19-20-18-16-14-12-10-8-6-4-2/h1,3-14,16,18-20H2,2H3. The van der Waals surface area contributed by atoms with Crippen LogP contribution in [0.15, 0.2) is 0 Å². The molecule has 0 rings (SSSR count). The lowest BCUT2D eigenvalue weighted by Gasteiger charge is -2.00. The van der Waals surface area contributed by atoms with Gasteiger partial charge in [-0.3, -0.25) is 0 Å². The van der Waals surface area contributed by atoms with Gasteiger partial charge in [0.05, 0.1) is 0 Å². The third-order valence-electron chi connectivity index (χ3n) is 3.83. The van der Waals surface area contributed by atoms with Crippen molar-refractivity contribution in [2.45, 2.75) is 110 Å². The van der Waals surface area contributed by atoms with Gasteiger partial charge in [0, 0.05) is 12.8 Å². The predicted molar refractivity (Wildman–Crippen MR) is 92.7 cm³/mol. The molecule has 0 fully saturated rings. The van der Waals surface area contributed by atoms with Crippen molar-refractivity contribution in [3.63, 3.8) is 0 Å². The van der Waals surface area contributed by atoms with Crippen LogP contribution < -0.4 is 0 Å². The van der Waals surface area contributed by atoms with Gasteiger partial charge in [-0.1, -0.05) is 90.9 Å². The van der Waals surface area contributed by atoms with Crippen LogP contribution in [0.5, 0.6) is 0 Å². The molecule has 0 aromatic heterocycles. The van der Waals surface area contributed by atoms with Crippen LogP contribution in [0.1, 0.15) is 110 Å². The molecule has 0 saturated carbocycles. The average molecular weight is 278 g/mol. The van der Waals surface area contributed by atoms with E-state index in [0.717, 1.165) is 19.3 Å². The second-order valence-corrected chi connectivity index (χ2v) is 5.95.